The molecule has 164 valence electrons. The number of benzene rings is 1. The van der Waals surface area contributed by atoms with Gasteiger partial charge in [0.05, 0.1) is 11.8 Å². The van der Waals surface area contributed by atoms with Crippen LogP contribution in [0.1, 0.15) is 27.2 Å². The molecule has 12 heteroatoms. The number of rotatable bonds is 5. The minimum Gasteiger partial charge on any atom is -0.358 e. The lowest BCUT2D eigenvalue weighted by atomic mass is 10.1. The molecule has 2 heterocycles. The highest BCUT2D eigenvalue weighted by atomic mass is 32.2. The molecule has 8 nitrogen and oxygen atoms in total. The van der Waals surface area contributed by atoms with Crippen molar-refractivity contribution in [3.63, 3.8) is 0 Å². The molecule has 3 rings (SSSR count). The smallest absolute Gasteiger partial charge is 0.358 e. The third-order valence-corrected chi connectivity index (χ3v) is 5.69. The monoisotopic (exact) mass is 455 g/mol. The molecule has 3 aromatic rings. The number of halogens is 3. The molecule has 1 aromatic carbocycles. The van der Waals surface area contributed by atoms with Gasteiger partial charge in [0.25, 0.3) is 5.56 Å². The van der Waals surface area contributed by atoms with Crippen molar-refractivity contribution in [1.29, 1.82) is 0 Å². The van der Waals surface area contributed by atoms with E-state index < -0.39 is 50.3 Å². The number of aromatic nitrogens is 3. The zero-order valence-electron chi connectivity index (χ0n) is 16.5. The summed E-state index contributed by atoms with van der Waals surface area (Å²) in [5, 5.41) is 3.78. The summed E-state index contributed by atoms with van der Waals surface area (Å²) in [6.07, 6.45) is -3.82. The highest BCUT2D eigenvalue weighted by Crippen LogP contribution is 2.29. The van der Waals surface area contributed by atoms with Crippen LogP contribution in [0.3, 0.4) is 0 Å². The normalized spacial score (nSPS) is 12.1. The van der Waals surface area contributed by atoms with Crippen LogP contribution in [0, 0.1) is 6.92 Å². The molecule has 0 aliphatic rings. The summed E-state index contributed by atoms with van der Waals surface area (Å²) in [5.41, 5.74) is -2.61. The second-order valence-electron chi connectivity index (χ2n) is 6.66. The molecular formula is C19H16F3N3O5S. The molecule has 0 saturated heterocycles. The lowest BCUT2D eigenvalue weighted by molar-refractivity contribution is -0.143. The van der Waals surface area contributed by atoms with Gasteiger partial charge in [0, 0.05) is 14.1 Å². The number of nitrogens with zero attached hydrogens (tertiary/aromatic N) is 3. The number of carbonyl (C=O) groups excluding carboxylic acids is 1. The first-order valence-corrected chi connectivity index (χ1v) is 10.1. The zero-order chi connectivity index (χ0) is 23.1. The highest BCUT2D eigenvalue weighted by Gasteiger charge is 2.35. The third kappa shape index (κ3) is 4.24. The van der Waals surface area contributed by atoms with Gasteiger partial charge >= 0.3 is 16.3 Å². The summed E-state index contributed by atoms with van der Waals surface area (Å²) < 4.78 is 70.5. The zero-order valence-corrected chi connectivity index (χ0v) is 17.3. The molecule has 0 aliphatic carbocycles. The van der Waals surface area contributed by atoms with Crippen LogP contribution in [0.25, 0.3) is 0 Å². The van der Waals surface area contributed by atoms with Crippen molar-refractivity contribution in [2.45, 2.75) is 18.0 Å². The van der Waals surface area contributed by atoms with Crippen LogP contribution in [0.2, 0.25) is 0 Å². The first-order valence-electron chi connectivity index (χ1n) is 8.68. The van der Waals surface area contributed by atoms with E-state index in [9.17, 15) is 31.2 Å². The maximum atomic E-state index is 13.0. The largest absolute Gasteiger partial charge is 0.431 e. The fraction of sp³-hybridized carbons (Fsp3) is 0.211. The number of pyridine rings is 1. The van der Waals surface area contributed by atoms with Crippen LogP contribution in [0.5, 0.6) is 5.88 Å². The van der Waals surface area contributed by atoms with Gasteiger partial charge in [-0.05, 0) is 31.2 Å². The number of aryl methyl sites for hydroxylation is 2. The number of hydrogen-bond acceptors (Lipinski definition) is 6. The molecule has 0 N–H and O–H groups in total. The molecule has 0 amide bonds. The van der Waals surface area contributed by atoms with Crippen molar-refractivity contribution in [2.75, 3.05) is 0 Å². The van der Waals surface area contributed by atoms with Gasteiger partial charge in [0.15, 0.2) is 0 Å². The van der Waals surface area contributed by atoms with E-state index >= 15 is 0 Å². The lowest BCUT2D eigenvalue weighted by Gasteiger charge is -2.13. The summed E-state index contributed by atoms with van der Waals surface area (Å²) in [4.78, 5) is 25.0. The Hall–Kier alpha value is -3.41. The first kappa shape index (κ1) is 22.3. The minimum absolute atomic E-state index is 0.178. The summed E-state index contributed by atoms with van der Waals surface area (Å²) >= 11 is 0. The second-order valence-corrected chi connectivity index (χ2v) is 8.21. The standard InChI is InChI=1S/C19H16F3N3O5S/c1-11-4-6-12(7-5-11)31(28,29)30-18-14(10-23-25(18)3)16(26)13-8-9-15(19(20,21)22)24(2)17(13)27/h4-10H,1-3H3. The molecule has 0 atom stereocenters. The Kier molecular flexibility index (Phi) is 5.53. The maximum absolute atomic E-state index is 13.0. The highest BCUT2D eigenvalue weighted by molar-refractivity contribution is 7.87. The summed E-state index contributed by atoms with van der Waals surface area (Å²) in [6, 6.07) is 7.06. The van der Waals surface area contributed by atoms with E-state index in [-0.39, 0.29) is 4.90 Å². The minimum atomic E-state index is -4.79. The van der Waals surface area contributed by atoms with Crippen LogP contribution in [0.15, 0.2) is 52.3 Å². The van der Waals surface area contributed by atoms with E-state index in [0.717, 1.165) is 29.6 Å². The fourth-order valence-electron chi connectivity index (χ4n) is 2.78. The van der Waals surface area contributed by atoms with E-state index in [1.165, 1.54) is 19.2 Å². The van der Waals surface area contributed by atoms with Gasteiger partial charge in [-0.1, -0.05) is 17.7 Å². The Morgan fingerprint density at radius 1 is 1.03 bits per heavy atom. The molecular weight excluding hydrogens is 439 g/mol. The molecule has 0 radical (unpaired) electrons. The Bertz CT molecular complexity index is 1320. The van der Waals surface area contributed by atoms with Crippen molar-refractivity contribution in [3.8, 4) is 5.88 Å². The van der Waals surface area contributed by atoms with Crippen LogP contribution in [0.4, 0.5) is 13.2 Å². The van der Waals surface area contributed by atoms with Gasteiger partial charge < -0.3 is 8.75 Å². The van der Waals surface area contributed by atoms with Crippen molar-refractivity contribution < 1.29 is 30.6 Å². The average Bonchev–Trinajstić information content (AvgIpc) is 3.02. The molecule has 31 heavy (non-hydrogen) atoms. The number of carbonyl (C=O) groups is 1. The van der Waals surface area contributed by atoms with Gasteiger partial charge in [0.1, 0.15) is 16.2 Å². The van der Waals surface area contributed by atoms with Crippen LogP contribution in [-0.4, -0.2) is 28.5 Å². The van der Waals surface area contributed by atoms with Crippen LogP contribution < -0.4 is 9.74 Å². The number of alkyl halides is 3. The molecule has 0 unspecified atom stereocenters. The predicted octanol–water partition coefficient (Wildman–Crippen LogP) is 2.44. The van der Waals surface area contributed by atoms with E-state index in [4.69, 9.17) is 4.18 Å². The predicted molar refractivity (Wildman–Crippen MR) is 102 cm³/mol. The van der Waals surface area contributed by atoms with Gasteiger partial charge in [0.2, 0.25) is 11.7 Å². The number of ketones is 1. The first-order chi connectivity index (χ1) is 14.3. The lowest BCUT2D eigenvalue weighted by Crippen LogP contribution is -2.30. The van der Waals surface area contributed by atoms with E-state index in [1.807, 2.05) is 0 Å². The van der Waals surface area contributed by atoms with Crippen molar-refractivity contribution in [2.24, 2.45) is 14.1 Å². The average molecular weight is 455 g/mol. The Balaban J connectivity index is 2.03. The summed E-state index contributed by atoms with van der Waals surface area (Å²) in [7, 11) is -2.16. The molecule has 0 spiro atoms. The summed E-state index contributed by atoms with van der Waals surface area (Å²) in [6.45, 7) is 1.76. The number of hydrogen-bond donors (Lipinski definition) is 0. The Morgan fingerprint density at radius 3 is 2.23 bits per heavy atom. The fourth-order valence-corrected chi connectivity index (χ4v) is 3.75. The topological polar surface area (TPSA) is 100 Å². The molecule has 0 aliphatic heterocycles. The van der Waals surface area contributed by atoms with E-state index in [2.05, 4.69) is 5.10 Å². The maximum Gasteiger partial charge on any atom is 0.431 e. The quantitative estimate of drug-likeness (QED) is 0.433. The molecule has 2 aromatic heterocycles. The van der Waals surface area contributed by atoms with Crippen molar-refractivity contribution in [1.82, 2.24) is 14.3 Å². The molecule has 0 saturated carbocycles. The Morgan fingerprint density at radius 2 is 1.65 bits per heavy atom. The molecule has 0 fully saturated rings. The Labute approximate surface area is 174 Å². The van der Waals surface area contributed by atoms with E-state index in [1.54, 1.807) is 19.1 Å². The van der Waals surface area contributed by atoms with Gasteiger partial charge in [-0.3, -0.25) is 9.59 Å². The summed E-state index contributed by atoms with van der Waals surface area (Å²) in [5.74, 6) is -1.51. The second kappa shape index (κ2) is 7.69. The van der Waals surface area contributed by atoms with Crippen molar-refractivity contribution >= 4 is 15.9 Å². The van der Waals surface area contributed by atoms with Crippen LogP contribution >= 0.6 is 0 Å². The van der Waals surface area contributed by atoms with Crippen molar-refractivity contribution in [3.05, 3.63) is 75.3 Å². The SMILES string of the molecule is Cc1ccc(S(=O)(=O)Oc2c(C(=O)c3ccc(C(F)(F)F)n(C)c3=O)cnn2C)cc1. The third-order valence-electron chi connectivity index (χ3n) is 4.47. The van der Waals surface area contributed by atoms with Gasteiger partial charge in [-0.15, -0.1) is 0 Å². The van der Waals surface area contributed by atoms with Gasteiger partial charge in [-0.25, -0.2) is 4.68 Å². The van der Waals surface area contributed by atoms with E-state index in [0.29, 0.717) is 10.6 Å². The van der Waals surface area contributed by atoms with Crippen LogP contribution in [-0.2, 0) is 30.4 Å². The molecule has 0 bridgehead atoms. The van der Waals surface area contributed by atoms with Gasteiger partial charge in [-0.2, -0.15) is 26.7 Å².